The van der Waals surface area contributed by atoms with Gasteiger partial charge in [-0.25, -0.2) is 4.79 Å². The van der Waals surface area contributed by atoms with Crippen LogP contribution in [0.4, 0.5) is 0 Å². The first-order valence-corrected chi connectivity index (χ1v) is 8.13. The van der Waals surface area contributed by atoms with Crippen molar-refractivity contribution in [3.05, 3.63) is 35.4 Å². The lowest BCUT2D eigenvalue weighted by Crippen LogP contribution is -2.49. The molecule has 0 aliphatic carbocycles. The first-order valence-electron chi connectivity index (χ1n) is 8.13. The van der Waals surface area contributed by atoms with Crippen molar-refractivity contribution < 1.29 is 19.1 Å². The molecule has 0 bridgehead atoms. The quantitative estimate of drug-likeness (QED) is 0.862. The van der Waals surface area contributed by atoms with E-state index in [-0.39, 0.29) is 24.0 Å². The van der Waals surface area contributed by atoms with Crippen LogP contribution in [-0.4, -0.2) is 30.1 Å². The third-order valence-electron chi connectivity index (χ3n) is 3.49. The molecule has 0 saturated heterocycles. The lowest BCUT2D eigenvalue weighted by Gasteiger charge is -2.27. The summed E-state index contributed by atoms with van der Waals surface area (Å²) in [5.74, 6) is -0.204. The molecule has 5 heteroatoms. The molecule has 1 heterocycles. The summed E-state index contributed by atoms with van der Waals surface area (Å²) in [6.45, 7) is 9.50. The summed E-state index contributed by atoms with van der Waals surface area (Å²) in [6.07, 6.45) is 0.912. The highest BCUT2D eigenvalue weighted by atomic mass is 16.6. The zero-order chi connectivity index (χ0) is 17.9. The van der Waals surface area contributed by atoms with Gasteiger partial charge in [-0.05, 0) is 38.8 Å². The van der Waals surface area contributed by atoms with Crippen LogP contribution in [0.25, 0.3) is 6.08 Å². The number of para-hydroxylation sites is 1. The van der Waals surface area contributed by atoms with E-state index in [2.05, 4.69) is 5.32 Å². The monoisotopic (exact) mass is 331 g/mol. The summed E-state index contributed by atoms with van der Waals surface area (Å²) in [7, 11) is 0. The summed E-state index contributed by atoms with van der Waals surface area (Å²) in [5.41, 5.74) is 0.849. The van der Waals surface area contributed by atoms with Crippen molar-refractivity contribution >= 4 is 18.0 Å². The van der Waals surface area contributed by atoms with Crippen LogP contribution in [0, 0.1) is 5.92 Å². The fourth-order valence-corrected chi connectivity index (χ4v) is 2.36. The van der Waals surface area contributed by atoms with Crippen molar-refractivity contribution in [2.45, 2.75) is 46.3 Å². The average molecular weight is 331 g/mol. The number of hydrogen-bond donors (Lipinski definition) is 1. The maximum atomic E-state index is 12.4. The number of benzene rings is 1. The summed E-state index contributed by atoms with van der Waals surface area (Å²) >= 11 is 0. The standard InChI is InChI=1S/C19H25NO4/c1-12(2)16(17(21)20-19(3,4)5)24-18(22)14-10-13-8-6-7-9-15(13)23-11-14/h6-10,12,16H,11H2,1-5H3,(H,20,21)/t16-/m1/s1. The van der Waals surface area contributed by atoms with Crippen LogP contribution in [0.1, 0.15) is 40.2 Å². The zero-order valence-corrected chi connectivity index (χ0v) is 14.9. The number of nitrogens with one attached hydrogen (secondary N) is 1. The number of esters is 1. The van der Waals surface area contributed by atoms with Crippen LogP contribution in [0.3, 0.4) is 0 Å². The van der Waals surface area contributed by atoms with Crippen molar-refractivity contribution in [3.8, 4) is 5.75 Å². The fraction of sp³-hybridized carbons (Fsp3) is 0.474. The highest BCUT2D eigenvalue weighted by Gasteiger charge is 2.30. The molecule has 1 aliphatic heterocycles. The summed E-state index contributed by atoms with van der Waals surface area (Å²) < 4.78 is 11.0. The Hall–Kier alpha value is -2.30. The van der Waals surface area contributed by atoms with E-state index in [0.29, 0.717) is 5.57 Å². The van der Waals surface area contributed by atoms with Crippen molar-refractivity contribution in [1.29, 1.82) is 0 Å². The van der Waals surface area contributed by atoms with Gasteiger partial charge in [-0.3, -0.25) is 4.79 Å². The smallest absolute Gasteiger partial charge is 0.338 e. The van der Waals surface area contributed by atoms with Crippen LogP contribution in [-0.2, 0) is 14.3 Å². The molecule has 5 nitrogen and oxygen atoms in total. The molecule has 24 heavy (non-hydrogen) atoms. The van der Waals surface area contributed by atoms with Gasteiger partial charge in [0.15, 0.2) is 6.10 Å². The van der Waals surface area contributed by atoms with E-state index in [1.807, 2.05) is 58.9 Å². The molecule has 0 radical (unpaired) electrons. The molecule has 1 aliphatic rings. The number of amides is 1. The number of fused-ring (bicyclic) bond motifs is 1. The van der Waals surface area contributed by atoms with Gasteiger partial charge in [-0.1, -0.05) is 32.0 Å². The Bertz CT molecular complexity index is 656. The number of ether oxygens (including phenoxy) is 2. The fourth-order valence-electron chi connectivity index (χ4n) is 2.36. The largest absolute Gasteiger partial charge is 0.488 e. The minimum absolute atomic E-state index is 0.131. The average Bonchev–Trinajstić information content (AvgIpc) is 2.49. The van der Waals surface area contributed by atoms with E-state index in [9.17, 15) is 9.59 Å². The topological polar surface area (TPSA) is 64.6 Å². The highest BCUT2D eigenvalue weighted by molar-refractivity contribution is 5.97. The molecular weight excluding hydrogens is 306 g/mol. The number of hydrogen-bond acceptors (Lipinski definition) is 4. The number of carbonyl (C=O) groups excluding carboxylic acids is 2. The van der Waals surface area contributed by atoms with Gasteiger partial charge >= 0.3 is 5.97 Å². The van der Waals surface area contributed by atoms with Gasteiger partial charge in [0.2, 0.25) is 0 Å². The van der Waals surface area contributed by atoms with Crippen molar-refractivity contribution in [2.24, 2.45) is 5.92 Å². The highest BCUT2D eigenvalue weighted by Crippen LogP contribution is 2.26. The molecule has 0 fully saturated rings. The summed E-state index contributed by atoms with van der Waals surface area (Å²) in [4.78, 5) is 24.8. The molecule has 1 N–H and O–H groups in total. The van der Waals surface area contributed by atoms with Gasteiger partial charge in [-0.15, -0.1) is 0 Å². The predicted octanol–water partition coefficient (Wildman–Crippen LogP) is 2.94. The number of carbonyl (C=O) groups is 2. The van der Waals surface area contributed by atoms with Gasteiger partial charge in [-0.2, -0.15) is 0 Å². The molecule has 0 unspecified atom stereocenters. The molecule has 1 atom stereocenters. The van der Waals surface area contributed by atoms with Gasteiger partial charge in [0.1, 0.15) is 12.4 Å². The summed E-state index contributed by atoms with van der Waals surface area (Å²) in [5, 5.41) is 2.86. The van der Waals surface area contributed by atoms with Crippen LogP contribution in [0.2, 0.25) is 0 Å². The van der Waals surface area contributed by atoms with Gasteiger partial charge in [0.05, 0.1) is 5.57 Å². The van der Waals surface area contributed by atoms with Gasteiger partial charge in [0, 0.05) is 11.1 Å². The second-order valence-electron chi connectivity index (χ2n) is 7.31. The molecule has 1 aromatic carbocycles. The van der Waals surface area contributed by atoms with Crippen molar-refractivity contribution in [1.82, 2.24) is 5.32 Å². The molecule has 1 aromatic rings. The van der Waals surface area contributed by atoms with Crippen LogP contribution in [0.5, 0.6) is 5.75 Å². The second kappa shape index (κ2) is 7.07. The molecule has 1 amide bonds. The summed E-state index contributed by atoms with van der Waals surface area (Å²) in [6, 6.07) is 7.47. The third kappa shape index (κ3) is 4.60. The van der Waals surface area contributed by atoms with Gasteiger partial charge < -0.3 is 14.8 Å². The Morgan fingerprint density at radius 3 is 2.50 bits per heavy atom. The van der Waals surface area contributed by atoms with E-state index in [0.717, 1.165) is 11.3 Å². The molecule has 130 valence electrons. The van der Waals surface area contributed by atoms with Crippen molar-refractivity contribution in [3.63, 3.8) is 0 Å². The molecule has 0 spiro atoms. The first kappa shape index (κ1) is 18.0. The Morgan fingerprint density at radius 2 is 1.88 bits per heavy atom. The minimum Gasteiger partial charge on any atom is -0.488 e. The van der Waals surface area contributed by atoms with Gasteiger partial charge in [0.25, 0.3) is 5.91 Å². The maximum Gasteiger partial charge on any atom is 0.338 e. The minimum atomic E-state index is -0.838. The first-order chi connectivity index (χ1) is 11.2. The lowest BCUT2D eigenvalue weighted by molar-refractivity contribution is -0.156. The molecular formula is C19H25NO4. The van der Waals surface area contributed by atoms with E-state index in [4.69, 9.17) is 9.47 Å². The Morgan fingerprint density at radius 1 is 1.21 bits per heavy atom. The van der Waals surface area contributed by atoms with Crippen LogP contribution >= 0.6 is 0 Å². The van der Waals surface area contributed by atoms with E-state index < -0.39 is 12.1 Å². The van der Waals surface area contributed by atoms with Crippen LogP contribution in [0.15, 0.2) is 29.8 Å². The molecule has 0 aromatic heterocycles. The van der Waals surface area contributed by atoms with Crippen molar-refractivity contribution in [2.75, 3.05) is 6.61 Å². The third-order valence-corrected chi connectivity index (χ3v) is 3.49. The predicted molar refractivity (Wildman–Crippen MR) is 92.5 cm³/mol. The van der Waals surface area contributed by atoms with E-state index >= 15 is 0 Å². The maximum absolute atomic E-state index is 12.4. The number of rotatable bonds is 4. The Kier molecular flexibility index (Phi) is 5.32. The SMILES string of the molecule is CC(C)[C@@H](OC(=O)C1=Cc2ccccc2OC1)C(=O)NC(C)(C)C. The van der Waals surface area contributed by atoms with Crippen LogP contribution < -0.4 is 10.1 Å². The second-order valence-corrected chi connectivity index (χ2v) is 7.31. The molecule has 0 saturated carbocycles. The Labute approximate surface area is 143 Å². The zero-order valence-electron chi connectivity index (χ0n) is 14.9. The van der Waals surface area contributed by atoms with E-state index in [1.54, 1.807) is 6.08 Å². The molecule has 2 rings (SSSR count). The normalized spacial score (nSPS) is 15.0. The van der Waals surface area contributed by atoms with E-state index in [1.165, 1.54) is 0 Å². The lowest BCUT2D eigenvalue weighted by atomic mass is 10.0. The Balaban J connectivity index is 2.12.